The first-order chi connectivity index (χ1) is 22.2. The van der Waals surface area contributed by atoms with E-state index >= 15 is 0 Å². The first kappa shape index (κ1) is 46.7. The maximum absolute atomic E-state index is 12.2. The summed E-state index contributed by atoms with van der Waals surface area (Å²) in [5, 5.41) is 12.7. The minimum atomic E-state index is -0.532. The van der Waals surface area contributed by atoms with E-state index in [-0.39, 0.29) is 11.8 Å². The van der Waals surface area contributed by atoms with Crippen molar-refractivity contribution in [3.05, 3.63) is 130 Å². The molecule has 1 amide bonds. The topological polar surface area (TPSA) is 75.6 Å². The molecule has 2 N–H and O–H groups in total. The lowest BCUT2D eigenvalue weighted by atomic mass is 10.0. The van der Waals surface area contributed by atoms with Crippen LogP contribution in [0, 0.1) is 6.92 Å². The molecule has 0 heterocycles. The number of benzene rings is 1. The van der Waals surface area contributed by atoms with Crippen molar-refractivity contribution >= 4 is 24.8 Å². The van der Waals surface area contributed by atoms with Crippen molar-refractivity contribution in [3.63, 3.8) is 0 Å². The predicted octanol–water partition coefficient (Wildman–Crippen LogP) is 10.4. The highest BCUT2D eigenvalue weighted by Gasteiger charge is 2.08. The average molecular weight is 658 g/mol. The molecule has 1 aliphatic rings. The molecule has 0 spiro atoms. The van der Waals surface area contributed by atoms with Crippen LogP contribution in [0.1, 0.15) is 71.4 Å². The summed E-state index contributed by atoms with van der Waals surface area (Å²) >= 11 is 5.76. The smallest absolute Gasteiger partial charge is 0.207 e. The summed E-state index contributed by atoms with van der Waals surface area (Å²) in [6, 6.07) is 8.34. The van der Waals surface area contributed by atoms with Gasteiger partial charge in [0.1, 0.15) is 19.2 Å². The van der Waals surface area contributed by atoms with E-state index in [1.54, 1.807) is 31.4 Å². The third kappa shape index (κ3) is 26.6. The Morgan fingerprint density at radius 3 is 2.30 bits per heavy atom. The van der Waals surface area contributed by atoms with Crippen LogP contribution in [-0.2, 0) is 20.7 Å². The standard InChI is InChI=1S/C15H16ClFO.C12H17NO2.C9H16.C2H6.CH2O/c1-11-5-6-13(7-8-15(11)18)14(4-3-9-17)10-12(2)16;1-10-3-5-11(6-4-10)7-12(8-15-2)13-9-14;1-3-5-7-9-8-6-4-2;2*1-2/h3-5,7-8,10,18H,2,6,9H2,1H3;3-6,9,12H,7-8H2,1-2H3,(H,13,14);3,5,7,9H,4,6,8H2,1-2H3;1-2H3;1H2/b4-3-,14-10+;;5-3+,9-7-;;/t;12-;;;/m.0.../s1. The predicted molar refractivity (Wildman–Crippen MR) is 197 cm³/mol. The molecule has 1 atom stereocenters. The number of hydrogen-bond donors (Lipinski definition) is 2. The van der Waals surface area contributed by atoms with Crippen LogP contribution >= 0.6 is 11.6 Å². The molecule has 1 aromatic carbocycles. The van der Waals surface area contributed by atoms with Gasteiger partial charge >= 0.3 is 0 Å². The minimum Gasteiger partial charge on any atom is -0.508 e. The van der Waals surface area contributed by atoms with Gasteiger partial charge in [0, 0.05) is 12.1 Å². The van der Waals surface area contributed by atoms with Gasteiger partial charge in [-0.25, -0.2) is 4.39 Å². The van der Waals surface area contributed by atoms with Gasteiger partial charge < -0.3 is 20.0 Å². The van der Waals surface area contributed by atoms with Crippen LogP contribution in [0.2, 0.25) is 0 Å². The second-order valence-corrected chi connectivity index (χ2v) is 10.1. The summed E-state index contributed by atoms with van der Waals surface area (Å²) in [4.78, 5) is 18.4. The van der Waals surface area contributed by atoms with Crippen molar-refractivity contribution in [1.82, 2.24) is 5.32 Å². The number of carbonyl (C=O) groups excluding carboxylic acids is 2. The van der Waals surface area contributed by atoms with Crippen LogP contribution in [0.3, 0.4) is 0 Å². The van der Waals surface area contributed by atoms with Crippen molar-refractivity contribution in [2.75, 3.05) is 20.4 Å². The molecular weight excluding hydrogens is 601 g/mol. The normalized spacial score (nSPS) is 13.2. The molecule has 0 fully saturated rings. The second-order valence-electron chi connectivity index (χ2n) is 9.66. The van der Waals surface area contributed by atoms with Crippen LogP contribution < -0.4 is 5.32 Å². The molecule has 0 aromatic heterocycles. The second kappa shape index (κ2) is 34.1. The molecule has 256 valence electrons. The molecule has 0 aliphatic heterocycles. The van der Waals surface area contributed by atoms with Gasteiger partial charge in [0.15, 0.2) is 0 Å². The Hall–Kier alpha value is -3.74. The van der Waals surface area contributed by atoms with Crippen LogP contribution in [0.4, 0.5) is 4.39 Å². The van der Waals surface area contributed by atoms with E-state index < -0.39 is 6.67 Å². The Morgan fingerprint density at radius 2 is 1.78 bits per heavy atom. The number of carbonyl (C=O) groups is 2. The number of rotatable bonds is 14. The molecule has 0 bridgehead atoms. The number of aliphatic hydroxyl groups is 1. The number of amides is 1. The molecule has 0 unspecified atom stereocenters. The van der Waals surface area contributed by atoms with Crippen LogP contribution in [-0.4, -0.2) is 44.7 Å². The summed E-state index contributed by atoms with van der Waals surface area (Å²) in [6.07, 6.45) is 24.5. The largest absolute Gasteiger partial charge is 0.508 e. The Balaban J connectivity index is -0.000000597. The van der Waals surface area contributed by atoms with Crippen molar-refractivity contribution < 1.29 is 23.8 Å². The Morgan fingerprint density at radius 1 is 1.13 bits per heavy atom. The molecule has 46 heavy (non-hydrogen) atoms. The van der Waals surface area contributed by atoms with Gasteiger partial charge in [0.2, 0.25) is 6.41 Å². The molecule has 1 aromatic rings. The number of methoxy groups -OCH3 is 1. The quantitative estimate of drug-likeness (QED) is 0.119. The van der Waals surface area contributed by atoms with E-state index in [9.17, 15) is 14.3 Å². The van der Waals surface area contributed by atoms with E-state index in [1.807, 2.05) is 46.6 Å². The van der Waals surface area contributed by atoms with E-state index in [0.29, 0.717) is 18.1 Å². The number of aryl methyl sites for hydroxylation is 1. The van der Waals surface area contributed by atoms with Crippen molar-refractivity contribution in [1.29, 1.82) is 0 Å². The van der Waals surface area contributed by atoms with E-state index in [0.717, 1.165) is 29.6 Å². The van der Waals surface area contributed by atoms with Crippen LogP contribution in [0.5, 0.6) is 0 Å². The first-order valence-corrected chi connectivity index (χ1v) is 16.0. The molecule has 7 heteroatoms. The maximum atomic E-state index is 12.2. The van der Waals surface area contributed by atoms with Crippen molar-refractivity contribution in [2.45, 2.75) is 79.7 Å². The number of nitrogens with one attached hydrogen (secondary N) is 1. The van der Waals surface area contributed by atoms with Crippen LogP contribution in [0.15, 0.2) is 119 Å². The third-order valence-electron chi connectivity index (χ3n) is 5.98. The highest BCUT2D eigenvalue weighted by Crippen LogP contribution is 2.24. The van der Waals surface area contributed by atoms with Gasteiger partial charge in [-0.3, -0.25) is 4.79 Å². The molecule has 0 saturated heterocycles. The maximum Gasteiger partial charge on any atom is 0.207 e. The number of halogens is 2. The van der Waals surface area contributed by atoms with Gasteiger partial charge in [-0.15, -0.1) is 0 Å². The summed E-state index contributed by atoms with van der Waals surface area (Å²) in [5.74, 6) is 0.239. The number of hydrogen-bond acceptors (Lipinski definition) is 4. The fourth-order valence-electron chi connectivity index (χ4n) is 3.63. The van der Waals surface area contributed by atoms with E-state index in [4.69, 9.17) is 21.1 Å². The lowest BCUT2D eigenvalue weighted by molar-refractivity contribution is -0.110. The fraction of sp³-hybridized carbons (Fsp3) is 0.385. The summed E-state index contributed by atoms with van der Waals surface area (Å²) in [6.45, 7) is 17.7. The van der Waals surface area contributed by atoms with Gasteiger partial charge in [-0.1, -0.05) is 130 Å². The summed E-state index contributed by atoms with van der Waals surface area (Å²) < 4.78 is 17.2. The van der Waals surface area contributed by atoms with E-state index in [2.05, 4.69) is 68.2 Å². The molecule has 0 radical (unpaired) electrons. The zero-order valence-electron chi connectivity index (χ0n) is 29.0. The number of allylic oxidation sites excluding steroid dienone is 14. The lowest BCUT2D eigenvalue weighted by Crippen LogP contribution is -2.34. The fourth-order valence-corrected chi connectivity index (χ4v) is 3.75. The molecule has 5 nitrogen and oxygen atoms in total. The highest BCUT2D eigenvalue weighted by atomic mass is 35.5. The lowest BCUT2D eigenvalue weighted by Gasteiger charge is -2.14. The van der Waals surface area contributed by atoms with E-state index in [1.165, 1.54) is 36.5 Å². The van der Waals surface area contributed by atoms with Crippen LogP contribution in [0.25, 0.3) is 0 Å². The Bertz CT molecular complexity index is 1150. The van der Waals surface area contributed by atoms with Gasteiger partial charge in [0.25, 0.3) is 0 Å². The molecule has 2 rings (SSSR count). The zero-order valence-corrected chi connectivity index (χ0v) is 29.8. The Labute approximate surface area is 283 Å². The van der Waals surface area contributed by atoms with Crippen molar-refractivity contribution in [2.24, 2.45) is 0 Å². The first-order valence-electron chi connectivity index (χ1n) is 15.6. The van der Waals surface area contributed by atoms with Gasteiger partial charge in [0.05, 0.1) is 12.6 Å². The highest BCUT2D eigenvalue weighted by molar-refractivity contribution is 6.30. The molecule has 1 aliphatic carbocycles. The van der Waals surface area contributed by atoms with Gasteiger partial charge in [-0.2, -0.15) is 0 Å². The number of aliphatic hydroxyl groups excluding tert-OH is 1. The molecule has 0 saturated carbocycles. The number of ether oxygens (including phenoxy) is 1. The van der Waals surface area contributed by atoms with Gasteiger partial charge in [-0.05, 0) is 74.5 Å². The number of alkyl halides is 1. The Kier molecular flexibility index (Phi) is 34.6. The monoisotopic (exact) mass is 657 g/mol. The minimum absolute atomic E-state index is 0.0511. The third-order valence-corrected chi connectivity index (χ3v) is 6.09. The zero-order chi connectivity index (χ0) is 35.6. The number of unbranched alkanes of at least 4 members (excludes halogenated alkanes) is 2. The summed E-state index contributed by atoms with van der Waals surface area (Å²) in [5.41, 5.74) is 5.01. The molecular formula is C39H57ClFNO4. The average Bonchev–Trinajstić information content (AvgIpc) is 3.23. The van der Waals surface area contributed by atoms with Crippen molar-refractivity contribution in [3.8, 4) is 0 Å². The summed E-state index contributed by atoms with van der Waals surface area (Å²) in [7, 11) is 1.63. The SMILES string of the molecule is C/C=C/C=C\CCCC.C=C(Cl)/C=C(\C=C/CF)C1=CC=C(O)C(C)=CC1.C=O.CC.COC[C@H](Cc1ccc(C)cc1)NC=O.